The summed E-state index contributed by atoms with van der Waals surface area (Å²) in [6.45, 7) is 0. The van der Waals surface area contributed by atoms with Crippen molar-refractivity contribution in [1.82, 2.24) is 20.1 Å². The van der Waals surface area contributed by atoms with E-state index in [1.54, 1.807) is 24.3 Å². The first-order chi connectivity index (χ1) is 17.3. The number of carbonyl (C=O) groups is 2. The maximum absolute atomic E-state index is 12.9. The fourth-order valence-corrected chi connectivity index (χ4v) is 3.97. The molecule has 0 aliphatic carbocycles. The van der Waals surface area contributed by atoms with E-state index in [0.29, 0.717) is 10.8 Å². The van der Waals surface area contributed by atoms with Crippen LogP contribution in [0, 0.1) is 0 Å². The van der Waals surface area contributed by atoms with Gasteiger partial charge in [0.15, 0.2) is 11.9 Å². The van der Waals surface area contributed by atoms with Crippen LogP contribution in [0.25, 0.3) is 16.9 Å². The molecule has 1 amide bonds. The van der Waals surface area contributed by atoms with Gasteiger partial charge in [-0.25, -0.2) is 14.5 Å². The van der Waals surface area contributed by atoms with E-state index in [1.807, 2.05) is 42.5 Å². The number of pyridine rings is 1. The number of aliphatic hydroxyl groups is 1. The third-order valence-corrected chi connectivity index (χ3v) is 5.80. The minimum absolute atomic E-state index is 0.0169. The zero-order valence-corrected chi connectivity index (χ0v) is 19.7. The summed E-state index contributed by atoms with van der Waals surface area (Å²) in [6.07, 6.45) is -0.110. The molecule has 0 saturated heterocycles. The average molecular weight is 507 g/mol. The summed E-state index contributed by atoms with van der Waals surface area (Å²) < 4.78 is 1.13. The van der Waals surface area contributed by atoms with Gasteiger partial charge in [-0.15, -0.1) is 0 Å². The number of hydrogen-bond acceptors (Lipinski definition) is 5. The van der Waals surface area contributed by atoms with Crippen LogP contribution in [0.1, 0.15) is 22.5 Å². The fourth-order valence-electron chi connectivity index (χ4n) is 3.78. The van der Waals surface area contributed by atoms with Gasteiger partial charge in [0.1, 0.15) is 5.69 Å². The van der Waals surface area contributed by atoms with Crippen molar-refractivity contribution in [2.75, 3.05) is 0 Å². The summed E-state index contributed by atoms with van der Waals surface area (Å²) in [4.78, 5) is 40.6. The first kappa shape index (κ1) is 24.9. The van der Waals surface area contributed by atoms with Crippen LogP contribution in [0.15, 0.2) is 83.8 Å². The topological polar surface area (TPSA) is 137 Å². The lowest BCUT2D eigenvalue weighted by Crippen LogP contribution is -2.40. The monoisotopic (exact) mass is 506 g/mol. The normalized spacial score (nSPS) is 12.6. The van der Waals surface area contributed by atoms with Crippen LogP contribution < -0.4 is 10.9 Å². The van der Waals surface area contributed by atoms with Crippen molar-refractivity contribution >= 4 is 23.5 Å². The summed E-state index contributed by atoms with van der Waals surface area (Å²) in [6, 6.07) is 20.4. The van der Waals surface area contributed by atoms with Crippen LogP contribution in [-0.2, 0) is 11.2 Å². The van der Waals surface area contributed by atoms with Crippen LogP contribution >= 0.6 is 11.6 Å². The molecular formula is C26H23ClN4O5. The maximum Gasteiger partial charge on any atom is 0.332 e. The molecule has 2 aromatic carbocycles. The molecule has 0 radical (unpaired) electrons. The molecule has 2 heterocycles. The number of H-pyrrole nitrogens is 1. The van der Waals surface area contributed by atoms with Crippen molar-refractivity contribution in [3.63, 3.8) is 0 Å². The van der Waals surface area contributed by atoms with Crippen molar-refractivity contribution in [2.45, 2.75) is 25.0 Å². The van der Waals surface area contributed by atoms with E-state index < -0.39 is 29.6 Å². The molecule has 2 aromatic heterocycles. The first-order valence-corrected chi connectivity index (χ1v) is 11.5. The molecular weight excluding hydrogens is 484 g/mol. The van der Waals surface area contributed by atoms with Crippen LogP contribution in [0.5, 0.6) is 0 Å². The van der Waals surface area contributed by atoms with Crippen LogP contribution in [-0.4, -0.2) is 49.0 Å². The van der Waals surface area contributed by atoms with Crippen LogP contribution in [0.2, 0.25) is 5.02 Å². The summed E-state index contributed by atoms with van der Waals surface area (Å²) in [7, 11) is 0. The highest BCUT2D eigenvalue weighted by Gasteiger charge is 2.23. The predicted molar refractivity (Wildman–Crippen MR) is 134 cm³/mol. The molecule has 0 fully saturated rings. The summed E-state index contributed by atoms with van der Waals surface area (Å²) >= 11 is 6.07. The van der Waals surface area contributed by atoms with Crippen molar-refractivity contribution in [3.8, 4) is 16.9 Å². The van der Waals surface area contributed by atoms with E-state index in [0.717, 1.165) is 27.4 Å². The van der Waals surface area contributed by atoms with Gasteiger partial charge in [0.2, 0.25) is 0 Å². The Labute approximate surface area is 211 Å². The summed E-state index contributed by atoms with van der Waals surface area (Å²) in [5, 5.41) is 25.2. The number of hydrogen-bond donors (Lipinski definition) is 4. The Bertz CT molecular complexity index is 1420. The number of aromatic nitrogens is 3. The molecule has 0 aliphatic rings. The zero-order chi connectivity index (χ0) is 25.7. The Morgan fingerprint density at radius 3 is 2.47 bits per heavy atom. The molecule has 10 heteroatoms. The molecule has 2 unspecified atom stereocenters. The highest BCUT2D eigenvalue weighted by Crippen LogP contribution is 2.23. The number of carbonyl (C=O) groups excluding carboxylic acids is 1. The van der Waals surface area contributed by atoms with E-state index in [1.165, 1.54) is 6.20 Å². The number of halogens is 1. The molecule has 4 aromatic rings. The van der Waals surface area contributed by atoms with Crippen LogP contribution in [0.4, 0.5) is 0 Å². The number of aliphatic carboxylic acids is 1. The Morgan fingerprint density at radius 1 is 1.03 bits per heavy atom. The molecule has 0 saturated carbocycles. The quantitative estimate of drug-likeness (QED) is 0.275. The highest BCUT2D eigenvalue weighted by atomic mass is 35.5. The molecule has 2 atom stereocenters. The maximum atomic E-state index is 12.9. The van der Waals surface area contributed by atoms with E-state index in [2.05, 4.69) is 15.4 Å². The number of aromatic amines is 1. The Balaban J connectivity index is 1.52. The molecule has 184 valence electrons. The lowest BCUT2D eigenvalue weighted by Gasteiger charge is -2.20. The van der Waals surface area contributed by atoms with Crippen molar-refractivity contribution < 1.29 is 19.8 Å². The number of rotatable bonds is 9. The second kappa shape index (κ2) is 11.0. The van der Waals surface area contributed by atoms with Crippen molar-refractivity contribution in [3.05, 3.63) is 106 Å². The minimum atomic E-state index is -1.67. The van der Waals surface area contributed by atoms with Gasteiger partial charge in [-0.05, 0) is 47.4 Å². The number of nitrogens with zero attached hydrogens (tertiary/aromatic N) is 2. The van der Waals surface area contributed by atoms with Gasteiger partial charge < -0.3 is 15.5 Å². The van der Waals surface area contributed by atoms with Crippen molar-refractivity contribution in [2.24, 2.45) is 0 Å². The number of nitrogens with one attached hydrogen (secondary N) is 2. The standard InChI is InChI=1S/C26H23ClN4O5/c27-19-5-3-4-18(13-19)17-9-7-16(8-10-17)12-20(14-22(32)26(35)36)29-25(34)21-15-24(33)31(30-21)23-6-1-2-11-28-23/h1-11,13,15,20,22,30,32H,12,14H2,(H,29,34)(H,35,36). The highest BCUT2D eigenvalue weighted by molar-refractivity contribution is 6.30. The SMILES string of the molecule is O=C(NC(Cc1ccc(-c2cccc(Cl)c2)cc1)CC(O)C(=O)O)c1cc(=O)n(-c2ccccn2)[nH]1. The van der Waals surface area contributed by atoms with Gasteiger partial charge in [-0.1, -0.05) is 54.1 Å². The number of amides is 1. The second-order valence-corrected chi connectivity index (χ2v) is 8.64. The molecule has 4 N–H and O–H groups in total. The summed E-state index contributed by atoms with van der Waals surface area (Å²) in [5.41, 5.74) is 2.22. The largest absolute Gasteiger partial charge is 0.479 e. The molecule has 36 heavy (non-hydrogen) atoms. The Morgan fingerprint density at radius 2 is 1.81 bits per heavy atom. The van der Waals surface area contributed by atoms with E-state index in [9.17, 15) is 19.5 Å². The van der Waals surface area contributed by atoms with E-state index >= 15 is 0 Å². The molecule has 9 nitrogen and oxygen atoms in total. The lowest BCUT2D eigenvalue weighted by atomic mass is 9.97. The van der Waals surface area contributed by atoms with Crippen molar-refractivity contribution in [1.29, 1.82) is 0 Å². The number of carboxylic acids is 1. The number of carboxylic acid groups (broad SMARTS) is 1. The lowest BCUT2D eigenvalue weighted by molar-refractivity contribution is -0.147. The summed E-state index contributed by atoms with van der Waals surface area (Å²) in [5.74, 6) is -1.68. The van der Waals surface area contributed by atoms with Gasteiger partial charge in [0.05, 0.1) is 0 Å². The van der Waals surface area contributed by atoms with Gasteiger partial charge >= 0.3 is 5.97 Å². The van der Waals surface area contributed by atoms with Gasteiger partial charge in [-0.2, -0.15) is 0 Å². The second-order valence-electron chi connectivity index (χ2n) is 8.20. The van der Waals surface area contributed by atoms with Gasteiger partial charge in [0.25, 0.3) is 11.5 Å². The van der Waals surface area contributed by atoms with Gasteiger partial charge in [-0.3, -0.25) is 14.7 Å². The first-order valence-electron chi connectivity index (χ1n) is 11.1. The van der Waals surface area contributed by atoms with E-state index in [-0.39, 0.29) is 18.5 Å². The smallest absolute Gasteiger partial charge is 0.332 e. The Kier molecular flexibility index (Phi) is 7.62. The molecule has 4 rings (SSSR count). The predicted octanol–water partition coefficient (Wildman–Crippen LogP) is 3.06. The average Bonchev–Trinajstić information content (AvgIpc) is 3.26. The Hall–Kier alpha value is -4.21. The third-order valence-electron chi connectivity index (χ3n) is 5.57. The van der Waals surface area contributed by atoms with Crippen LogP contribution in [0.3, 0.4) is 0 Å². The zero-order valence-electron chi connectivity index (χ0n) is 19.0. The minimum Gasteiger partial charge on any atom is -0.479 e. The van der Waals surface area contributed by atoms with Gasteiger partial charge in [0, 0.05) is 29.7 Å². The molecule has 0 spiro atoms. The number of benzene rings is 2. The molecule has 0 bridgehead atoms. The third kappa shape index (κ3) is 6.07. The van der Waals surface area contributed by atoms with E-state index in [4.69, 9.17) is 16.7 Å². The number of aliphatic hydroxyl groups excluding tert-OH is 1. The fraction of sp³-hybridized carbons (Fsp3) is 0.154. The molecule has 0 aliphatic heterocycles.